The van der Waals surface area contributed by atoms with Crippen LogP contribution in [0, 0.1) is 12.7 Å². The Morgan fingerprint density at radius 3 is 2.77 bits per heavy atom. The van der Waals surface area contributed by atoms with Crippen molar-refractivity contribution in [1.29, 1.82) is 0 Å². The van der Waals surface area contributed by atoms with Crippen LogP contribution in [-0.4, -0.2) is 17.8 Å². The van der Waals surface area contributed by atoms with Gasteiger partial charge in [-0.3, -0.25) is 9.59 Å². The quantitative estimate of drug-likeness (QED) is 0.758. The normalized spacial score (nSPS) is 17.0. The molecule has 0 aliphatic heterocycles. The third-order valence-corrected chi connectivity index (χ3v) is 5.13. The summed E-state index contributed by atoms with van der Waals surface area (Å²) >= 11 is 3.41. The second kappa shape index (κ2) is 7.19. The molecular weight excluding hydrogens is 401 g/mol. The van der Waals surface area contributed by atoms with Crippen molar-refractivity contribution >= 4 is 33.3 Å². The van der Waals surface area contributed by atoms with Gasteiger partial charge in [-0.2, -0.15) is 0 Å². The Morgan fingerprint density at radius 1 is 1.35 bits per heavy atom. The van der Waals surface area contributed by atoms with E-state index in [4.69, 9.17) is 4.74 Å². The molecule has 0 saturated heterocycles. The van der Waals surface area contributed by atoms with Crippen LogP contribution in [0.15, 0.2) is 34.8 Å². The van der Waals surface area contributed by atoms with Gasteiger partial charge >= 0.3 is 0 Å². The van der Waals surface area contributed by atoms with Crippen molar-refractivity contribution in [1.82, 2.24) is 0 Å². The van der Waals surface area contributed by atoms with E-state index in [0.717, 1.165) is 10.0 Å². The Bertz CT molecular complexity index is 897. The highest BCUT2D eigenvalue weighted by Gasteiger charge is 2.33. The number of hydrogen-bond donors (Lipinski definition) is 1. The van der Waals surface area contributed by atoms with E-state index in [-0.39, 0.29) is 35.3 Å². The molecule has 1 aliphatic rings. The molecule has 1 N–H and O–H groups in total. The largest absolute Gasteiger partial charge is 0.480 e. The molecule has 2 aromatic carbocycles. The van der Waals surface area contributed by atoms with Crippen molar-refractivity contribution in [3.05, 3.63) is 57.3 Å². The minimum atomic E-state index is -0.846. The molecule has 0 unspecified atom stereocenters. The van der Waals surface area contributed by atoms with Gasteiger partial charge in [-0.15, -0.1) is 0 Å². The van der Waals surface area contributed by atoms with Gasteiger partial charge in [0.25, 0.3) is 5.91 Å². The zero-order valence-electron chi connectivity index (χ0n) is 14.7. The van der Waals surface area contributed by atoms with Gasteiger partial charge < -0.3 is 10.1 Å². The number of Topliss-reactive ketones (excluding diaryl/α,β-unsaturated/α-hetero) is 1. The predicted octanol–water partition coefficient (Wildman–Crippen LogP) is 4.99. The van der Waals surface area contributed by atoms with Gasteiger partial charge in [0.1, 0.15) is 11.6 Å². The molecule has 0 spiro atoms. The molecule has 0 saturated carbocycles. The summed E-state index contributed by atoms with van der Waals surface area (Å²) in [5.41, 5.74) is 2.33. The third-order valence-electron chi connectivity index (χ3n) is 4.47. The second-order valence-electron chi connectivity index (χ2n) is 6.60. The van der Waals surface area contributed by atoms with Crippen LogP contribution in [0.25, 0.3) is 0 Å². The van der Waals surface area contributed by atoms with Gasteiger partial charge in [-0.25, -0.2) is 4.39 Å². The summed E-state index contributed by atoms with van der Waals surface area (Å²) in [7, 11) is 0. The predicted molar refractivity (Wildman–Crippen MR) is 101 cm³/mol. The Kier molecular flexibility index (Phi) is 5.14. The Morgan fingerprint density at radius 2 is 2.08 bits per heavy atom. The van der Waals surface area contributed by atoms with E-state index in [9.17, 15) is 14.0 Å². The molecule has 26 heavy (non-hydrogen) atoms. The maximum absolute atomic E-state index is 14.1. The zero-order chi connectivity index (χ0) is 19.0. The van der Waals surface area contributed by atoms with Crippen LogP contribution in [0.2, 0.25) is 0 Å². The minimum Gasteiger partial charge on any atom is -0.480 e. The van der Waals surface area contributed by atoms with Crippen molar-refractivity contribution in [2.24, 2.45) is 0 Å². The van der Waals surface area contributed by atoms with E-state index in [0.29, 0.717) is 11.3 Å². The molecule has 6 heteroatoms. The lowest BCUT2D eigenvalue weighted by atomic mass is 10.0. The number of halogens is 2. The first-order chi connectivity index (χ1) is 12.3. The van der Waals surface area contributed by atoms with E-state index in [1.54, 1.807) is 13.0 Å². The number of hydrogen-bond acceptors (Lipinski definition) is 3. The summed E-state index contributed by atoms with van der Waals surface area (Å²) in [4.78, 5) is 24.7. The second-order valence-corrected chi connectivity index (χ2v) is 7.45. The highest BCUT2D eigenvalue weighted by atomic mass is 79.9. The number of aryl methyl sites for hydroxylation is 1. The number of benzene rings is 2. The molecule has 0 aromatic heterocycles. The summed E-state index contributed by atoms with van der Waals surface area (Å²) < 4.78 is 20.5. The number of nitrogens with one attached hydrogen (secondary N) is 1. The van der Waals surface area contributed by atoms with Gasteiger partial charge in [0.05, 0.1) is 11.3 Å². The molecule has 4 nitrogen and oxygen atoms in total. The lowest BCUT2D eigenvalue weighted by Gasteiger charge is -2.18. The number of amides is 1. The van der Waals surface area contributed by atoms with E-state index < -0.39 is 11.9 Å². The molecule has 1 aliphatic carbocycles. The van der Waals surface area contributed by atoms with Crippen molar-refractivity contribution in [2.75, 3.05) is 5.32 Å². The van der Waals surface area contributed by atoms with Crippen LogP contribution in [-0.2, 0) is 4.79 Å². The fourth-order valence-electron chi connectivity index (χ4n) is 3.12. The SMILES string of the molecule is Cc1ccc(NC(=O)[C@H](C)Oc2ccc(F)c3c2C(=O)C[C@@H]3C)c(Br)c1. The summed E-state index contributed by atoms with van der Waals surface area (Å²) in [6.07, 6.45) is -0.592. The highest BCUT2D eigenvalue weighted by molar-refractivity contribution is 9.10. The van der Waals surface area contributed by atoms with Gasteiger partial charge in [-0.1, -0.05) is 13.0 Å². The number of anilines is 1. The highest BCUT2D eigenvalue weighted by Crippen LogP contribution is 2.40. The summed E-state index contributed by atoms with van der Waals surface area (Å²) in [5.74, 6) is -0.858. The molecule has 0 fully saturated rings. The van der Waals surface area contributed by atoms with Gasteiger partial charge in [-0.05, 0) is 65.5 Å². The average molecular weight is 420 g/mol. The first-order valence-electron chi connectivity index (χ1n) is 8.37. The van der Waals surface area contributed by atoms with Crippen molar-refractivity contribution in [2.45, 2.75) is 39.2 Å². The lowest BCUT2D eigenvalue weighted by Crippen LogP contribution is -2.30. The zero-order valence-corrected chi connectivity index (χ0v) is 16.3. The maximum atomic E-state index is 14.1. The molecule has 2 atom stereocenters. The molecule has 0 bridgehead atoms. The number of carbonyl (C=O) groups excluding carboxylic acids is 2. The molecular formula is C20H19BrFNO3. The Labute approximate surface area is 159 Å². The molecule has 136 valence electrons. The fraction of sp³-hybridized carbons (Fsp3) is 0.300. The third kappa shape index (κ3) is 3.51. The molecule has 0 heterocycles. The lowest BCUT2D eigenvalue weighted by molar-refractivity contribution is -0.122. The summed E-state index contributed by atoms with van der Waals surface area (Å²) in [5, 5.41) is 2.79. The topological polar surface area (TPSA) is 55.4 Å². The molecule has 2 aromatic rings. The monoisotopic (exact) mass is 419 g/mol. The van der Waals surface area contributed by atoms with Crippen molar-refractivity contribution < 1.29 is 18.7 Å². The van der Waals surface area contributed by atoms with E-state index in [1.165, 1.54) is 12.1 Å². The van der Waals surface area contributed by atoms with Crippen LogP contribution in [0.5, 0.6) is 5.75 Å². The average Bonchev–Trinajstić information content (AvgIpc) is 2.88. The first kappa shape index (κ1) is 18.6. The maximum Gasteiger partial charge on any atom is 0.265 e. The minimum absolute atomic E-state index is 0.157. The molecule has 0 radical (unpaired) electrons. The van der Waals surface area contributed by atoms with E-state index >= 15 is 0 Å². The number of ketones is 1. The van der Waals surface area contributed by atoms with E-state index in [2.05, 4.69) is 21.2 Å². The smallest absolute Gasteiger partial charge is 0.265 e. The molecule has 1 amide bonds. The number of ether oxygens (including phenoxy) is 1. The number of rotatable bonds is 4. The van der Waals surface area contributed by atoms with Crippen LogP contribution >= 0.6 is 15.9 Å². The van der Waals surface area contributed by atoms with Gasteiger partial charge in [0, 0.05) is 16.5 Å². The van der Waals surface area contributed by atoms with Crippen molar-refractivity contribution in [3.8, 4) is 5.75 Å². The number of carbonyl (C=O) groups is 2. The fourth-order valence-corrected chi connectivity index (χ4v) is 3.72. The summed E-state index contributed by atoms with van der Waals surface area (Å²) in [6.45, 7) is 5.35. The van der Waals surface area contributed by atoms with Gasteiger partial charge in [0.15, 0.2) is 11.9 Å². The van der Waals surface area contributed by atoms with Crippen LogP contribution in [0.4, 0.5) is 10.1 Å². The van der Waals surface area contributed by atoms with E-state index in [1.807, 2.05) is 26.0 Å². The summed E-state index contributed by atoms with van der Waals surface area (Å²) in [6, 6.07) is 8.28. The molecule has 3 rings (SSSR count). The van der Waals surface area contributed by atoms with Crippen LogP contribution in [0.1, 0.15) is 47.7 Å². The Balaban J connectivity index is 1.79. The van der Waals surface area contributed by atoms with Gasteiger partial charge in [0.2, 0.25) is 0 Å². The van der Waals surface area contributed by atoms with Crippen molar-refractivity contribution in [3.63, 3.8) is 0 Å². The van der Waals surface area contributed by atoms with Crippen LogP contribution < -0.4 is 10.1 Å². The Hall–Kier alpha value is -2.21. The first-order valence-corrected chi connectivity index (χ1v) is 9.16. The van der Waals surface area contributed by atoms with Crippen LogP contribution in [0.3, 0.4) is 0 Å². The number of fused-ring (bicyclic) bond motifs is 1. The standard InChI is InChI=1S/C20H19BrFNO3/c1-10-4-6-15(13(21)8-10)23-20(25)12(3)26-17-7-5-14(22)18-11(2)9-16(24)19(17)18/h4-8,11-12H,9H2,1-3H3,(H,23,25)/t11-,12-/m0/s1.